The van der Waals surface area contributed by atoms with Crippen LogP contribution in [0.4, 0.5) is 5.69 Å². The van der Waals surface area contributed by atoms with Crippen LogP contribution in [0.15, 0.2) is 23.9 Å². The number of aliphatic hydroxyl groups is 1. The van der Waals surface area contributed by atoms with Crippen molar-refractivity contribution in [3.8, 4) is 11.8 Å². The zero-order chi connectivity index (χ0) is 15.6. The lowest BCUT2D eigenvalue weighted by Crippen LogP contribution is -2.34. The number of nitrogens with one attached hydrogen (secondary N) is 1. The molecule has 7 heteroatoms. The molecule has 3 N–H and O–H groups in total. The number of phenols is 1. The number of anilines is 1. The summed E-state index contributed by atoms with van der Waals surface area (Å²) in [5, 5.41) is 30.3. The number of carbonyl (C=O) groups is 2. The number of phenolic OH excluding ortho intramolecular Hbond substituents is 1. The van der Waals surface area contributed by atoms with Crippen LogP contribution < -0.4 is 5.32 Å². The Balaban J connectivity index is 2.34. The molecule has 1 heterocycles. The van der Waals surface area contributed by atoms with Gasteiger partial charge in [0.25, 0.3) is 11.8 Å². The Morgan fingerprint density at radius 2 is 2.10 bits per heavy atom. The number of rotatable bonds is 4. The van der Waals surface area contributed by atoms with Gasteiger partial charge in [-0.05, 0) is 19.1 Å². The summed E-state index contributed by atoms with van der Waals surface area (Å²) in [6.45, 7) is 1.17. The minimum Gasteiger partial charge on any atom is -0.508 e. The Bertz CT molecular complexity index is 688. The zero-order valence-corrected chi connectivity index (χ0v) is 11.3. The second kappa shape index (κ2) is 5.64. The first-order valence-corrected chi connectivity index (χ1v) is 6.17. The predicted octanol–water partition coefficient (Wildman–Crippen LogP) is 0.229. The average Bonchev–Trinajstić information content (AvgIpc) is 2.72. The van der Waals surface area contributed by atoms with Crippen LogP contribution in [-0.2, 0) is 9.59 Å². The highest BCUT2D eigenvalue weighted by atomic mass is 16.3. The van der Waals surface area contributed by atoms with Crippen molar-refractivity contribution in [1.29, 1.82) is 5.26 Å². The molecule has 2 rings (SSSR count). The van der Waals surface area contributed by atoms with Crippen molar-refractivity contribution in [2.45, 2.75) is 6.92 Å². The standard InChI is InChI=1S/C14H13N3O4/c1-8-11(19)3-2-9(7-15)13(8)16-10-6-12(20)17(4-5-18)14(10)21/h2-3,6,16,18-19H,4-5H2,1H3. The lowest BCUT2D eigenvalue weighted by Gasteiger charge is -2.15. The number of aliphatic hydroxyl groups excluding tert-OH is 1. The van der Waals surface area contributed by atoms with E-state index in [1.165, 1.54) is 12.1 Å². The normalized spacial score (nSPS) is 14.1. The molecule has 0 aromatic heterocycles. The third kappa shape index (κ3) is 2.57. The molecule has 0 aliphatic carbocycles. The number of nitriles is 1. The van der Waals surface area contributed by atoms with E-state index in [4.69, 9.17) is 10.4 Å². The fraction of sp³-hybridized carbons (Fsp3) is 0.214. The number of hydrogen-bond donors (Lipinski definition) is 3. The van der Waals surface area contributed by atoms with E-state index in [0.29, 0.717) is 5.56 Å². The summed E-state index contributed by atoms with van der Waals surface area (Å²) in [6.07, 6.45) is 1.10. The fourth-order valence-corrected chi connectivity index (χ4v) is 2.00. The fourth-order valence-electron chi connectivity index (χ4n) is 2.00. The smallest absolute Gasteiger partial charge is 0.277 e. The molecule has 0 radical (unpaired) electrons. The molecule has 21 heavy (non-hydrogen) atoms. The Hall–Kier alpha value is -2.85. The maximum absolute atomic E-state index is 12.0. The van der Waals surface area contributed by atoms with Crippen LogP contribution in [-0.4, -0.2) is 40.1 Å². The topological polar surface area (TPSA) is 114 Å². The van der Waals surface area contributed by atoms with Gasteiger partial charge in [-0.2, -0.15) is 5.26 Å². The van der Waals surface area contributed by atoms with Crippen LogP contribution in [0.5, 0.6) is 5.75 Å². The Morgan fingerprint density at radius 3 is 2.71 bits per heavy atom. The molecule has 0 saturated carbocycles. The summed E-state index contributed by atoms with van der Waals surface area (Å²) in [7, 11) is 0. The monoisotopic (exact) mass is 287 g/mol. The lowest BCUT2D eigenvalue weighted by molar-refractivity contribution is -0.137. The highest BCUT2D eigenvalue weighted by Gasteiger charge is 2.31. The minimum absolute atomic E-state index is 0.00125. The van der Waals surface area contributed by atoms with Crippen molar-refractivity contribution in [2.75, 3.05) is 18.5 Å². The third-order valence-corrected chi connectivity index (χ3v) is 3.15. The van der Waals surface area contributed by atoms with E-state index in [1.54, 1.807) is 6.92 Å². The van der Waals surface area contributed by atoms with Crippen LogP contribution in [0.2, 0.25) is 0 Å². The van der Waals surface area contributed by atoms with Crippen molar-refractivity contribution in [1.82, 2.24) is 4.90 Å². The molecule has 0 atom stereocenters. The van der Waals surface area contributed by atoms with Gasteiger partial charge in [0.05, 0.1) is 24.4 Å². The molecular formula is C14H13N3O4. The van der Waals surface area contributed by atoms with Gasteiger partial charge in [-0.25, -0.2) is 0 Å². The molecule has 1 aliphatic heterocycles. The van der Waals surface area contributed by atoms with Gasteiger partial charge in [-0.15, -0.1) is 0 Å². The number of imide groups is 1. The molecule has 0 saturated heterocycles. The quantitative estimate of drug-likeness (QED) is 0.683. The molecule has 0 fully saturated rings. The summed E-state index contributed by atoms with van der Waals surface area (Å²) in [5.74, 6) is -1.14. The van der Waals surface area contributed by atoms with Crippen molar-refractivity contribution in [3.63, 3.8) is 0 Å². The van der Waals surface area contributed by atoms with Crippen LogP contribution in [0.25, 0.3) is 0 Å². The molecule has 0 unspecified atom stereocenters. The predicted molar refractivity (Wildman–Crippen MR) is 73.1 cm³/mol. The lowest BCUT2D eigenvalue weighted by atomic mass is 10.1. The first-order valence-electron chi connectivity index (χ1n) is 6.17. The number of β-amino-alcohol motifs (C(OH)–C–C–N with tert-alkyl or cyclic N) is 1. The molecule has 0 spiro atoms. The van der Waals surface area contributed by atoms with Gasteiger partial charge in [-0.3, -0.25) is 14.5 Å². The van der Waals surface area contributed by atoms with E-state index in [0.717, 1.165) is 11.0 Å². The number of carbonyl (C=O) groups excluding carboxylic acids is 2. The first-order chi connectivity index (χ1) is 9.99. The van der Waals surface area contributed by atoms with Crippen molar-refractivity contribution in [2.24, 2.45) is 0 Å². The number of benzene rings is 1. The van der Waals surface area contributed by atoms with Gasteiger partial charge in [0, 0.05) is 11.6 Å². The van der Waals surface area contributed by atoms with Gasteiger partial charge < -0.3 is 15.5 Å². The summed E-state index contributed by atoms with van der Waals surface area (Å²) < 4.78 is 0. The van der Waals surface area contributed by atoms with Crippen LogP contribution >= 0.6 is 0 Å². The van der Waals surface area contributed by atoms with Crippen LogP contribution in [0.3, 0.4) is 0 Å². The maximum Gasteiger partial charge on any atom is 0.277 e. The first kappa shape index (κ1) is 14.6. The minimum atomic E-state index is -0.583. The van der Waals surface area contributed by atoms with Gasteiger partial charge in [0.1, 0.15) is 17.5 Å². The van der Waals surface area contributed by atoms with Crippen molar-refractivity contribution >= 4 is 17.5 Å². The SMILES string of the molecule is Cc1c(O)ccc(C#N)c1NC1=CC(=O)N(CCO)C1=O. The molecular weight excluding hydrogens is 274 g/mol. The van der Waals surface area contributed by atoms with E-state index < -0.39 is 11.8 Å². The Morgan fingerprint density at radius 1 is 1.38 bits per heavy atom. The second-order valence-electron chi connectivity index (χ2n) is 4.45. The largest absolute Gasteiger partial charge is 0.508 e. The maximum atomic E-state index is 12.0. The van der Waals surface area contributed by atoms with Crippen LogP contribution in [0.1, 0.15) is 11.1 Å². The second-order valence-corrected chi connectivity index (χ2v) is 4.45. The number of amides is 2. The highest BCUT2D eigenvalue weighted by molar-refractivity contribution is 6.17. The molecule has 7 nitrogen and oxygen atoms in total. The van der Waals surface area contributed by atoms with E-state index in [9.17, 15) is 14.7 Å². The Labute approximate surface area is 120 Å². The molecule has 108 valence electrons. The molecule has 1 aromatic rings. The Kier molecular flexibility index (Phi) is 3.91. The average molecular weight is 287 g/mol. The van der Waals surface area contributed by atoms with E-state index in [-0.39, 0.29) is 35.8 Å². The number of hydrogen-bond acceptors (Lipinski definition) is 6. The molecule has 0 bridgehead atoms. The van der Waals surface area contributed by atoms with E-state index in [2.05, 4.69) is 5.32 Å². The van der Waals surface area contributed by atoms with Crippen molar-refractivity contribution in [3.05, 3.63) is 35.0 Å². The molecule has 2 amide bonds. The molecule has 1 aliphatic rings. The summed E-state index contributed by atoms with van der Waals surface area (Å²) in [6, 6.07) is 4.75. The van der Waals surface area contributed by atoms with Gasteiger partial charge in [-0.1, -0.05) is 0 Å². The van der Waals surface area contributed by atoms with Gasteiger partial charge >= 0.3 is 0 Å². The summed E-state index contributed by atoms with van der Waals surface area (Å²) >= 11 is 0. The highest BCUT2D eigenvalue weighted by Crippen LogP contribution is 2.30. The van der Waals surface area contributed by atoms with Crippen LogP contribution in [0, 0.1) is 18.3 Å². The van der Waals surface area contributed by atoms with Gasteiger partial charge in [0.15, 0.2) is 0 Å². The third-order valence-electron chi connectivity index (χ3n) is 3.15. The van der Waals surface area contributed by atoms with E-state index >= 15 is 0 Å². The molecule has 1 aromatic carbocycles. The zero-order valence-electron chi connectivity index (χ0n) is 11.3. The summed E-state index contributed by atoms with van der Waals surface area (Å²) in [5.41, 5.74) is 0.914. The summed E-state index contributed by atoms with van der Waals surface area (Å²) in [4.78, 5) is 24.6. The van der Waals surface area contributed by atoms with Gasteiger partial charge in [0.2, 0.25) is 0 Å². The number of nitrogens with zero attached hydrogens (tertiary/aromatic N) is 2. The number of aromatic hydroxyl groups is 1. The van der Waals surface area contributed by atoms with E-state index in [1.807, 2.05) is 6.07 Å². The van der Waals surface area contributed by atoms with Crippen molar-refractivity contribution < 1.29 is 19.8 Å².